The van der Waals surface area contributed by atoms with Gasteiger partial charge in [-0.1, -0.05) is 53.5 Å². The molecular formula is C15H11Cl2FN2. The fourth-order valence-corrected chi connectivity index (χ4v) is 2.29. The standard InChI is InChI=1S/C15H11Cl2FN2/c16-13-6-12(7-14(17)15(13)18)20-9-11(8-19)10-4-2-1-3-5-10/h1-7,11,20H,9H2. The van der Waals surface area contributed by atoms with E-state index in [1.165, 1.54) is 12.1 Å². The zero-order chi connectivity index (χ0) is 14.5. The van der Waals surface area contributed by atoms with E-state index >= 15 is 0 Å². The average Bonchev–Trinajstić information content (AvgIpc) is 2.46. The van der Waals surface area contributed by atoms with Crippen molar-refractivity contribution in [1.82, 2.24) is 0 Å². The highest BCUT2D eigenvalue weighted by atomic mass is 35.5. The normalized spacial score (nSPS) is 11.7. The number of rotatable bonds is 4. The van der Waals surface area contributed by atoms with Crippen molar-refractivity contribution < 1.29 is 4.39 Å². The zero-order valence-corrected chi connectivity index (χ0v) is 11.9. The van der Waals surface area contributed by atoms with E-state index in [1.54, 1.807) is 0 Å². The van der Waals surface area contributed by atoms with E-state index in [9.17, 15) is 9.65 Å². The Morgan fingerprint density at radius 2 is 1.75 bits per heavy atom. The number of nitrogens with one attached hydrogen (secondary N) is 1. The van der Waals surface area contributed by atoms with E-state index in [-0.39, 0.29) is 16.0 Å². The number of benzene rings is 2. The molecule has 2 rings (SSSR count). The van der Waals surface area contributed by atoms with Crippen molar-refractivity contribution in [3.05, 3.63) is 63.9 Å². The first kappa shape index (κ1) is 14.6. The number of hydrogen-bond donors (Lipinski definition) is 1. The first-order chi connectivity index (χ1) is 9.61. The molecule has 1 atom stereocenters. The smallest absolute Gasteiger partial charge is 0.160 e. The molecule has 0 saturated heterocycles. The molecule has 0 fully saturated rings. The van der Waals surface area contributed by atoms with Gasteiger partial charge in [-0.3, -0.25) is 0 Å². The maximum absolute atomic E-state index is 13.3. The van der Waals surface area contributed by atoms with E-state index in [4.69, 9.17) is 23.2 Å². The fourth-order valence-electron chi connectivity index (χ4n) is 1.80. The van der Waals surface area contributed by atoms with Crippen molar-refractivity contribution in [3.8, 4) is 6.07 Å². The van der Waals surface area contributed by atoms with Crippen molar-refractivity contribution in [2.75, 3.05) is 11.9 Å². The molecule has 1 unspecified atom stereocenters. The largest absolute Gasteiger partial charge is 0.383 e. The van der Waals surface area contributed by atoms with Gasteiger partial charge in [0.15, 0.2) is 5.82 Å². The Morgan fingerprint density at radius 1 is 1.15 bits per heavy atom. The summed E-state index contributed by atoms with van der Waals surface area (Å²) in [5.74, 6) is -0.947. The van der Waals surface area contributed by atoms with Crippen molar-refractivity contribution >= 4 is 28.9 Å². The highest BCUT2D eigenvalue weighted by Crippen LogP contribution is 2.27. The summed E-state index contributed by atoms with van der Waals surface area (Å²) in [5, 5.41) is 12.2. The summed E-state index contributed by atoms with van der Waals surface area (Å²) >= 11 is 11.4. The van der Waals surface area contributed by atoms with E-state index in [0.29, 0.717) is 12.2 Å². The van der Waals surface area contributed by atoms with E-state index in [0.717, 1.165) is 5.56 Å². The van der Waals surface area contributed by atoms with Gasteiger partial charge < -0.3 is 5.32 Å². The van der Waals surface area contributed by atoms with E-state index in [1.807, 2.05) is 30.3 Å². The molecule has 0 spiro atoms. The van der Waals surface area contributed by atoms with Crippen molar-refractivity contribution in [3.63, 3.8) is 0 Å². The molecule has 0 heterocycles. The van der Waals surface area contributed by atoms with Crippen LogP contribution in [0, 0.1) is 17.1 Å². The second kappa shape index (κ2) is 6.60. The van der Waals surface area contributed by atoms with Crippen molar-refractivity contribution in [2.24, 2.45) is 0 Å². The lowest BCUT2D eigenvalue weighted by atomic mass is 10.0. The summed E-state index contributed by atoms with van der Waals surface area (Å²) in [6.45, 7) is 0.388. The summed E-state index contributed by atoms with van der Waals surface area (Å²) in [6.07, 6.45) is 0. The minimum absolute atomic E-state index is 0.0479. The Bertz CT molecular complexity index is 615. The molecule has 1 N–H and O–H groups in total. The van der Waals surface area contributed by atoms with E-state index in [2.05, 4.69) is 11.4 Å². The third kappa shape index (κ3) is 3.41. The molecule has 0 radical (unpaired) electrons. The summed E-state index contributed by atoms with van der Waals surface area (Å²) in [7, 11) is 0. The van der Waals surface area contributed by atoms with Crippen LogP contribution in [0.5, 0.6) is 0 Å². The second-order valence-electron chi connectivity index (χ2n) is 4.23. The number of hydrogen-bond acceptors (Lipinski definition) is 2. The molecular weight excluding hydrogens is 298 g/mol. The lowest BCUT2D eigenvalue weighted by molar-refractivity contribution is 0.629. The van der Waals surface area contributed by atoms with Crippen LogP contribution in [-0.2, 0) is 0 Å². The number of halogens is 3. The van der Waals surface area contributed by atoms with Gasteiger partial charge in [-0.25, -0.2) is 4.39 Å². The van der Waals surface area contributed by atoms with Gasteiger partial charge in [0.2, 0.25) is 0 Å². The van der Waals surface area contributed by atoms with Gasteiger partial charge in [0.25, 0.3) is 0 Å². The summed E-state index contributed by atoms with van der Waals surface area (Å²) in [4.78, 5) is 0. The number of anilines is 1. The molecule has 0 aliphatic carbocycles. The van der Waals surface area contributed by atoms with E-state index < -0.39 is 5.82 Å². The van der Waals surface area contributed by atoms with Gasteiger partial charge in [0.1, 0.15) is 0 Å². The lowest BCUT2D eigenvalue weighted by Gasteiger charge is -2.12. The maximum Gasteiger partial charge on any atom is 0.160 e. The molecule has 2 nitrogen and oxygen atoms in total. The summed E-state index contributed by atoms with van der Waals surface area (Å²) < 4.78 is 13.3. The predicted octanol–water partition coefficient (Wildman–Crippen LogP) is 4.85. The third-order valence-corrected chi connectivity index (χ3v) is 3.40. The van der Waals surface area contributed by atoms with Crippen LogP contribution in [0.25, 0.3) is 0 Å². The molecule has 2 aromatic carbocycles. The molecule has 20 heavy (non-hydrogen) atoms. The van der Waals surface area contributed by atoms with Crippen LogP contribution in [0.4, 0.5) is 10.1 Å². The van der Waals surface area contributed by atoms with Crippen LogP contribution in [0.2, 0.25) is 10.0 Å². The third-order valence-electron chi connectivity index (χ3n) is 2.85. The maximum atomic E-state index is 13.3. The molecule has 0 amide bonds. The summed E-state index contributed by atoms with van der Waals surface area (Å²) in [6, 6.07) is 14.6. The van der Waals surface area contributed by atoms with Gasteiger partial charge in [-0.05, 0) is 17.7 Å². The number of nitriles is 1. The quantitative estimate of drug-likeness (QED) is 0.819. The highest BCUT2D eigenvalue weighted by molar-refractivity contribution is 6.35. The molecule has 0 aromatic heterocycles. The Balaban J connectivity index is 2.10. The van der Waals surface area contributed by atoms with Crippen LogP contribution < -0.4 is 5.32 Å². The van der Waals surface area contributed by atoms with Crippen molar-refractivity contribution in [1.29, 1.82) is 5.26 Å². The fraction of sp³-hybridized carbons (Fsp3) is 0.133. The Labute approximate surface area is 126 Å². The van der Waals surface area contributed by atoms with Crippen molar-refractivity contribution in [2.45, 2.75) is 5.92 Å². The molecule has 0 aliphatic heterocycles. The van der Waals surface area contributed by atoms with Crippen LogP contribution in [-0.4, -0.2) is 6.54 Å². The van der Waals surface area contributed by atoms with Crippen LogP contribution in [0.1, 0.15) is 11.5 Å². The van der Waals surface area contributed by atoms with Crippen LogP contribution in [0.15, 0.2) is 42.5 Å². The lowest BCUT2D eigenvalue weighted by Crippen LogP contribution is -2.11. The SMILES string of the molecule is N#CC(CNc1cc(Cl)c(F)c(Cl)c1)c1ccccc1. The highest BCUT2D eigenvalue weighted by Gasteiger charge is 2.11. The first-order valence-corrected chi connectivity index (χ1v) is 6.70. The summed E-state index contributed by atoms with van der Waals surface area (Å²) in [5.41, 5.74) is 1.50. The molecule has 5 heteroatoms. The van der Waals surface area contributed by atoms with Crippen LogP contribution >= 0.6 is 23.2 Å². The Morgan fingerprint density at radius 3 is 2.30 bits per heavy atom. The second-order valence-corrected chi connectivity index (χ2v) is 5.04. The average molecular weight is 309 g/mol. The van der Waals surface area contributed by atoms with Gasteiger partial charge in [-0.2, -0.15) is 5.26 Å². The molecule has 2 aromatic rings. The van der Waals surface area contributed by atoms with Crippen LogP contribution in [0.3, 0.4) is 0 Å². The predicted molar refractivity (Wildman–Crippen MR) is 79.7 cm³/mol. The minimum atomic E-state index is -0.640. The topological polar surface area (TPSA) is 35.8 Å². The zero-order valence-electron chi connectivity index (χ0n) is 10.4. The van der Waals surface area contributed by atoms with Gasteiger partial charge in [0, 0.05) is 12.2 Å². The monoisotopic (exact) mass is 308 g/mol. The molecule has 0 bridgehead atoms. The van der Waals surface area contributed by atoms with Gasteiger partial charge in [0.05, 0.1) is 22.0 Å². The Hall–Kier alpha value is -1.76. The molecule has 0 aliphatic rings. The molecule has 0 saturated carbocycles. The minimum Gasteiger partial charge on any atom is -0.383 e. The first-order valence-electron chi connectivity index (χ1n) is 5.95. The number of nitrogens with zero attached hydrogens (tertiary/aromatic N) is 1. The molecule has 102 valence electrons. The van der Waals surface area contributed by atoms with Gasteiger partial charge in [-0.15, -0.1) is 0 Å². The van der Waals surface area contributed by atoms with Gasteiger partial charge >= 0.3 is 0 Å². The Kier molecular flexibility index (Phi) is 4.84.